The van der Waals surface area contributed by atoms with E-state index in [1.54, 1.807) is 18.2 Å². The zero-order valence-corrected chi connectivity index (χ0v) is 14.5. The number of halogens is 2. The van der Waals surface area contributed by atoms with Crippen molar-refractivity contribution in [3.05, 3.63) is 51.9 Å². The molecule has 128 valence electrons. The lowest BCUT2D eigenvalue weighted by Crippen LogP contribution is -2.07. The molecule has 3 aromatic rings. The zero-order valence-electron chi connectivity index (χ0n) is 13.0. The van der Waals surface area contributed by atoms with Gasteiger partial charge in [0.25, 0.3) is 0 Å². The standard InChI is InChI=1S/C17H13ClFN3O2S/c18-14-7-13-16(20-8-10-1-3-11(19)4-2-10)21-15(22-17(13)25-14)6-5-12(24)9-23/h1-4,7,9H,5-6,8H2,(H,20,21,22). The Hall–Kier alpha value is -2.38. The van der Waals surface area contributed by atoms with Crippen LogP contribution in [0.3, 0.4) is 0 Å². The normalized spacial score (nSPS) is 10.8. The van der Waals surface area contributed by atoms with Crippen LogP contribution < -0.4 is 5.32 Å². The van der Waals surface area contributed by atoms with Gasteiger partial charge in [0.2, 0.25) is 0 Å². The molecular weight excluding hydrogens is 365 g/mol. The van der Waals surface area contributed by atoms with Crippen LogP contribution in [0.2, 0.25) is 4.34 Å². The van der Waals surface area contributed by atoms with Gasteiger partial charge in [-0.05, 0) is 23.8 Å². The Bertz CT molecular complexity index is 928. The van der Waals surface area contributed by atoms with Gasteiger partial charge < -0.3 is 5.32 Å². The number of rotatable bonds is 7. The second-order valence-electron chi connectivity index (χ2n) is 5.32. The third-order valence-electron chi connectivity index (χ3n) is 3.51. The molecule has 5 nitrogen and oxygen atoms in total. The number of aromatic nitrogens is 2. The second kappa shape index (κ2) is 7.67. The summed E-state index contributed by atoms with van der Waals surface area (Å²) < 4.78 is 13.6. The topological polar surface area (TPSA) is 72.0 Å². The summed E-state index contributed by atoms with van der Waals surface area (Å²) in [5, 5.41) is 3.98. The highest BCUT2D eigenvalue weighted by Gasteiger charge is 2.12. The molecule has 1 N–H and O–H groups in total. The van der Waals surface area contributed by atoms with Gasteiger partial charge in [0, 0.05) is 19.4 Å². The third kappa shape index (κ3) is 4.37. The minimum atomic E-state index is -0.492. The van der Waals surface area contributed by atoms with Crippen LogP contribution in [0.15, 0.2) is 30.3 Å². The van der Waals surface area contributed by atoms with Gasteiger partial charge in [-0.25, -0.2) is 14.4 Å². The van der Waals surface area contributed by atoms with Gasteiger partial charge in [0.1, 0.15) is 22.3 Å². The largest absolute Gasteiger partial charge is 0.365 e. The number of nitrogens with one attached hydrogen (secondary N) is 1. The van der Waals surface area contributed by atoms with E-state index in [4.69, 9.17) is 11.6 Å². The summed E-state index contributed by atoms with van der Waals surface area (Å²) in [6, 6.07) is 7.93. The summed E-state index contributed by atoms with van der Waals surface area (Å²) in [5.74, 6) is 0.266. The van der Waals surface area contributed by atoms with Crippen molar-refractivity contribution in [2.45, 2.75) is 19.4 Å². The molecule has 0 unspecified atom stereocenters. The molecule has 0 atom stereocenters. The smallest absolute Gasteiger partial charge is 0.195 e. The van der Waals surface area contributed by atoms with Crippen molar-refractivity contribution in [2.75, 3.05) is 5.32 Å². The monoisotopic (exact) mass is 377 g/mol. The van der Waals surface area contributed by atoms with Gasteiger partial charge in [-0.3, -0.25) is 9.59 Å². The van der Waals surface area contributed by atoms with E-state index in [9.17, 15) is 14.0 Å². The van der Waals surface area contributed by atoms with Crippen LogP contribution in [0, 0.1) is 5.82 Å². The van der Waals surface area contributed by atoms with E-state index in [-0.39, 0.29) is 18.7 Å². The number of hydrogen-bond donors (Lipinski definition) is 1. The molecule has 1 aromatic carbocycles. The maximum Gasteiger partial charge on any atom is 0.195 e. The Morgan fingerprint density at radius 3 is 2.76 bits per heavy atom. The Labute approximate surface area is 151 Å². The van der Waals surface area contributed by atoms with E-state index in [0.29, 0.717) is 33.6 Å². The van der Waals surface area contributed by atoms with E-state index >= 15 is 0 Å². The first-order valence-corrected chi connectivity index (χ1v) is 8.67. The number of ketones is 1. The summed E-state index contributed by atoms with van der Waals surface area (Å²) in [6.45, 7) is 0.451. The highest BCUT2D eigenvalue weighted by Crippen LogP contribution is 2.32. The van der Waals surface area contributed by atoms with E-state index in [2.05, 4.69) is 15.3 Å². The molecule has 0 saturated heterocycles. The van der Waals surface area contributed by atoms with Gasteiger partial charge in [-0.1, -0.05) is 23.7 Å². The number of thiophene rings is 1. The maximum atomic E-state index is 13.0. The first-order chi connectivity index (χ1) is 12.0. The van der Waals surface area contributed by atoms with E-state index in [1.807, 2.05) is 0 Å². The minimum absolute atomic E-state index is 0.0610. The van der Waals surface area contributed by atoms with Crippen LogP contribution in [-0.2, 0) is 22.6 Å². The number of carbonyl (C=O) groups is 2. The molecule has 0 aliphatic rings. The highest BCUT2D eigenvalue weighted by molar-refractivity contribution is 7.22. The molecule has 8 heteroatoms. The lowest BCUT2D eigenvalue weighted by molar-refractivity contribution is -0.129. The van der Waals surface area contributed by atoms with E-state index in [1.165, 1.54) is 23.5 Å². The van der Waals surface area contributed by atoms with Crippen LogP contribution in [-0.4, -0.2) is 22.0 Å². The van der Waals surface area contributed by atoms with Gasteiger partial charge in [-0.15, -0.1) is 11.3 Å². The number of carbonyl (C=O) groups excluding carboxylic acids is 2. The molecule has 0 aliphatic heterocycles. The zero-order chi connectivity index (χ0) is 17.8. The Balaban J connectivity index is 1.84. The molecule has 3 rings (SSSR count). The van der Waals surface area contributed by atoms with Crippen LogP contribution in [0.5, 0.6) is 0 Å². The van der Waals surface area contributed by atoms with Crippen molar-refractivity contribution in [3.63, 3.8) is 0 Å². The summed E-state index contributed by atoms with van der Waals surface area (Å²) in [4.78, 5) is 31.2. The Morgan fingerprint density at radius 1 is 1.28 bits per heavy atom. The number of aldehydes is 1. The molecule has 0 bridgehead atoms. The van der Waals surface area contributed by atoms with Crippen LogP contribution in [0.1, 0.15) is 17.8 Å². The summed E-state index contributed by atoms with van der Waals surface area (Å²) in [5.41, 5.74) is 0.896. The quantitative estimate of drug-likeness (QED) is 0.501. The van der Waals surface area contributed by atoms with E-state index in [0.717, 1.165) is 10.9 Å². The predicted molar refractivity (Wildman–Crippen MR) is 95.5 cm³/mol. The molecule has 2 heterocycles. The highest BCUT2D eigenvalue weighted by atomic mass is 35.5. The molecule has 0 aliphatic carbocycles. The summed E-state index contributed by atoms with van der Waals surface area (Å²) >= 11 is 7.39. The van der Waals surface area contributed by atoms with Crippen molar-refractivity contribution in [3.8, 4) is 0 Å². The molecule has 0 radical (unpaired) electrons. The van der Waals surface area contributed by atoms with Crippen LogP contribution >= 0.6 is 22.9 Å². The van der Waals surface area contributed by atoms with Crippen molar-refractivity contribution < 1.29 is 14.0 Å². The lowest BCUT2D eigenvalue weighted by Gasteiger charge is -2.09. The minimum Gasteiger partial charge on any atom is -0.365 e. The maximum absolute atomic E-state index is 13.0. The molecule has 2 aromatic heterocycles. The molecule has 0 amide bonds. The Kier molecular flexibility index (Phi) is 5.35. The second-order valence-corrected chi connectivity index (χ2v) is 6.98. The van der Waals surface area contributed by atoms with Gasteiger partial charge in [-0.2, -0.15) is 0 Å². The van der Waals surface area contributed by atoms with Crippen molar-refractivity contribution in [1.82, 2.24) is 9.97 Å². The molecular formula is C17H13ClFN3O2S. The average molecular weight is 378 g/mol. The molecule has 0 saturated carbocycles. The summed E-state index contributed by atoms with van der Waals surface area (Å²) in [6.07, 6.45) is 0.633. The number of Topliss-reactive ketones (excluding diaryl/α,β-unsaturated/α-hetero) is 1. The van der Waals surface area contributed by atoms with Crippen molar-refractivity contribution in [1.29, 1.82) is 0 Å². The molecule has 0 fully saturated rings. The SMILES string of the molecule is O=CC(=O)CCc1nc(NCc2ccc(F)cc2)c2cc(Cl)sc2n1. The first-order valence-electron chi connectivity index (χ1n) is 7.47. The Morgan fingerprint density at radius 2 is 2.04 bits per heavy atom. The summed E-state index contributed by atoms with van der Waals surface area (Å²) in [7, 11) is 0. The van der Waals surface area contributed by atoms with Gasteiger partial charge in [0.15, 0.2) is 12.1 Å². The first kappa shape index (κ1) is 17.4. The third-order valence-corrected chi connectivity index (χ3v) is 4.67. The number of hydrogen-bond acceptors (Lipinski definition) is 6. The fourth-order valence-corrected chi connectivity index (χ4v) is 3.37. The average Bonchev–Trinajstić information content (AvgIpc) is 2.99. The number of benzene rings is 1. The fourth-order valence-electron chi connectivity index (χ4n) is 2.26. The number of fused-ring (bicyclic) bond motifs is 1. The number of nitrogens with zero attached hydrogens (tertiary/aromatic N) is 2. The van der Waals surface area contributed by atoms with Crippen molar-refractivity contribution >= 4 is 51.0 Å². The fraction of sp³-hybridized carbons (Fsp3) is 0.176. The van der Waals surface area contributed by atoms with E-state index < -0.39 is 5.78 Å². The number of aryl methyl sites for hydroxylation is 1. The van der Waals surface area contributed by atoms with Gasteiger partial charge >= 0.3 is 0 Å². The van der Waals surface area contributed by atoms with Crippen molar-refractivity contribution in [2.24, 2.45) is 0 Å². The molecule has 25 heavy (non-hydrogen) atoms. The van der Waals surface area contributed by atoms with Crippen LogP contribution in [0.4, 0.5) is 10.2 Å². The number of anilines is 1. The predicted octanol–water partition coefficient (Wildman–Crippen LogP) is 3.80. The molecule has 0 spiro atoms. The van der Waals surface area contributed by atoms with Crippen LogP contribution in [0.25, 0.3) is 10.2 Å². The van der Waals surface area contributed by atoms with Gasteiger partial charge in [0.05, 0.1) is 9.72 Å². The lowest BCUT2D eigenvalue weighted by atomic mass is 10.2.